The highest BCUT2D eigenvalue weighted by molar-refractivity contribution is 5.78. The van der Waals surface area contributed by atoms with E-state index in [2.05, 4.69) is 10.6 Å². The minimum Gasteiger partial charge on any atom is -0.336 e. The number of carbonyl (C=O) groups is 2. The normalized spacial score (nSPS) is 28.2. The van der Waals surface area contributed by atoms with Gasteiger partial charge in [-0.2, -0.15) is 0 Å². The first-order chi connectivity index (χ1) is 8.74. The topological polar surface area (TPSA) is 64.7 Å². The molecular weight excluding hydrogens is 232 g/mol. The van der Waals surface area contributed by atoms with Gasteiger partial charge in [-0.1, -0.05) is 12.8 Å². The molecule has 18 heavy (non-hydrogen) atoms. The van der Waals surface area contributed by atoms with E-state index in [1.165, 1.54) is 12.8 Å². The molecule has 1 saturated carbocycles. The van der Waals surface area contributed by atoms with Crippen LogP contribution in [-0.4, -0.2) is 60.1 Å². The minimum absolute atomic E-state index is 0.0100. The molecular formula is C12H20N4O2. The fraction of sp³-hybridized carbons (Fsp3) is 0.833. The maximum absolute atomic E-state index is 12.1. The number of fused-ring (bicyclic) bond motifs is 1. The Bertz CT molecular complexity index is 354. The third kappa shape index (κ3) is 2.11. The summed E-state index contributed by atoms with van der Waals surface area (Å²) < 4.78 is 0. The Balaban J connectivity index is 1.54. The van der Waals surface area contributed by atoms with Crippen molar-refractivity contribution in [2.45, 2.75) is 37.8 Å². The van der Waals surface area contributed by atoms with E-state index in [0.717, 1.165) is 12.8 Å². The average molecular weight is 252 g/mol. The molecule has 1 unspecified atom stereocenters. The van der Waals surface area contributed by atoms with Crippen LogP contribution in [0.1, 0.15) is 25.7 Å². The monoisotopic (exact) mass is 252 g/mol. The van der Waals surface area contributed by atoms with Crippen LogP contribution in [0.4, 0.5) is 9.59 Å². The summed E-state index contributed by atoms with van der Waals surface area (Å²) in [5.41, 5.74) is 0. The van der Waals surface area contributed by atoms with Crippen molar-refractivity contribution in [1.29, 1.82) is 0 Å². The lowest BCUT2D eigenvalue weighted by Gasteiger charge is -2.36. The molecule has 4 amide bonds. The van der Waals surface area contributed by atoms with Crippen LogP contribution >= 0.6 is 0 Å². The van der Waals surface area contributed by atoms with Crippen LogP contribution in [0.5, 0.6) is 0 Å². The number of rotatable bonds is 1. The predicted molar refractivity (Wildman–Crippen MR) is 66.3 cm³/mol. The van der Waals surface area contributed by atoms with E-state index in [0.29, 0.717) is 32.2 Å². The molecule has 6 heteroatoms. The lowest BCUT2D eigenvalue weighted by atomic mass is 10.2. The van der Waals surface area contributed by atoms with Crippen molar-refractivity contribution in [2.24, 2.45) is 0 Å². The van der Waals surface area contributed by atoms with E-state index in [9.17, 15) is 9.59 Å². The Morgan fingerprint density at radius 1 is 1.28 bits per heavy atom. The van der Waals surface area contributed by atoms with E-state index >= 15 is 0 Å². The van der Waals surface area contributed by atoms with Crippen LogP contribution in [0.25, 0.3) is 0 Å². The highest BCUT2D eigenvalue weighted by atomic mass is 16.2. The zero-order chi connectivity index (χ0) is 12.5. The lowest BCUT2D eigenvalue weighted by Crippen LogP contribution is -2.56. The second-order valence-corrected chi connectivity index (χ2v) is 5.41. The van der Waals surface area contributed by atoms with Gasteiger partial charge in [-0.05, 0) is 12.8 Å². The van der Waals surface area contributed by atoms with Crippen molar-refractivity contribution in [3.63, 3.8) is 0 Å². The second-order valence-electron chi connectivity index (χ2n) is 5.41. The number of nitrogens with one attached hydrogen (secondary N) is 2. The van der Waals surface area contributed by atoms with Crippen molar-refractivity contribution < 1.29 is 9.59 Å². The Morgan fingerprint density at radius 2 is 2.06 bits per heavy atom. The van der Waals surface area contributed by atoms with Crippen molar-refractivity contribution in [2.75, 3.05) is 26.2 Å². The summed E-state index contributed by atoms with van der Waals surface area (Å²) in [5, 5.41) is 5.93. The number of carbonyl (C=O) groups excluding carboxylic acids is 2. The average Bonchev–Trinajstić information content (AvgIpc) is 2.99. The third-order valence-electron chi connectivity index (χ3n) is 4.20. The van der Waals surface area contributed by atoms with E-state index in [1.54, 1.807) is 0 Å². The molecule has 2 N–H and O–H groups in total. The van der Waals surface area contributed by atoms with Crippen molar-refractivity contribution >= 4 is 12.1 Å². The molecule has 3 rings (SSSR count). The fourth-order valence-electron chi connectivity index (χ4n) is 3.12. The highest BCUT2D eigenvalue weighted by Gasteiger charge is 2.37. The summed E-state index contributed by atoms with van der Waals surface area (Å²) in [6.07, 6.45) is 4.66. The molecule has 0 radical (unpaired) electrons. The van der Waals surface area contributed by atoms with E-state index in [4.69, 9.17) is 0 Å². The quantitative estimate of drug-likeness (QED) is 0.707. The predicted octanol–water partition coefficient (Wildman–Crippen LogP) is 0.348. The van der Waals surface area contributed by atoms with Gasteiger partial charge in [-0.25, -0.2) is 9.59 Å². The Morgan fingerprint density at radius 3 is 2.83 bits per heavy atom. The molecule has 3 fully saturated rings. The van der Waals surface area contributed by atoms with Crippen molar-refractivity contribution in [3.8, 4) is 0 Å². The molecule has 3 aliphatic rings. The van der Waals surface area contributed by atoms with Gasteiger partial charge in [0.05, 0.1) is 6.04 Å². The van der Waals surface area contributed by atoms with E-state index < -0.39 is 0 Å². The summed E-state index contributed by atoms with van der Waals surface area (Å²) in [6.45, 7) is 2.60. The van der Waals surface area contributed by atoms with Gasteiger partial charge in [-0.15, -0.1) is 0 Å². The molecule has 6 nitrogen and oxygen atoms in total. The standard InChI is InChI=1S/C12H20N4O2/c17-11-13-7-10-8-15(5-6-16(10)11)12(18)14-9-3-1-2-4-9/h9-10H,1-8H2,(H,13,17)(H,14,18). The maximum Gasteiger partial charge on any atom is 0.317 e. The van der Waals surface area contributed by atoms with Gasteiger partial charge >= 0.3 is 12.1 Å². The molecule has 1 atom stereocenters. The van der Waals surface area contributed by atoms with Crippen LogP contribution in [0.3, 0.4) is 0 Å². The summed E-state index contributed by atoms with van der Waals surface area (Å²) in [7, 11) is 0. The molecule has 1 aliphatic carbocycles. The van der Waals surface area contributed by atoms with Crippen LogP contribution < -0.4 is 10.6 Å². The number of hydrogen-bond acceptors (Lipinski definition) is 2. The SMILES string of the molecule is O=C(NC1CCCC1)N1CCN2C(=O)NCC2C1. The van der Waals surface area contributed by atoms with Crippen LogP contribution in [0.15, 0.2) is 0 Å². The molecule has 100 valence electrons. The molecule has 0 bridgehead atoms. The molecule has 0 aromatic carbocycles. The fourth-order valence-corrected chi connectivity index (χ4v) is 3.12. The largest absolute Gasteiger partial charge is 0.336 e. The summed E-state index contributed by atoms with van der Waals surface area (Å²) in [4.78, 5) is 27.3. The molecule has 0 aromatic rings. The number of hydrogen-bond donors (Lipinski definition) is 2. The first-order valence-electron chi connectivity index (χ1n) is 6.84. The van der Waals surface area contributed by atoms with Crippen molar-refractivity contribution in [3.05, 3.63) is 0 Å². The minimum atomic E-state index is 0.0100. The van der Waals surface area contributed by atoms with Gasteiger partial charge in [0.15, 0.2) is 0 Å². The van der Waals surface area contributed by atoms with Gasteiger partial charge in [0, 0.05) is 32.2 Å². The summed E-state index contributed by atoms with van der Waals surface area (Å²) in [6, 6.07) is 0.566. The first kappa shape index (κ1) is 11.6. The smallest absolute Gasteiger partial charge is 0.317 e. The number of piperazine rings is 1. The molecule has 2 aliphatic heterocycles. The number of amides is 4. The summed E-state index contributed by atoms with van der Waals surface area (Å²) in [5.74, 6) is 0. The summed E-state index contributed by atoms with van der Waals surface area (Å²) >= 11 is 0. The van der Waals surface area contributed by atoms with Crippen LogP contribution in [0, 0.1) is 0 Å². The second kappa shape index (κ2) is 4.66. The first-order valence-corrected chi connectivity index (χ1v) is 6.84. The highest BCUT2D eigenvalue weighted by Crippen LogP contribution is 2.19. The number of nitrogens with zero attached hydrogens (tertiary/aromatic N) is 2. The van der Waals surface area contributed by atoms with E-state index in [1.807, 2.05) is 9.80 Å². The van der Waals surface area contributed by atoms with E-state index in [-0.39, 0.29) is 18.1 Å². The Labute approximate surface area is 107 Å². The van der Waals surface area contributed by atoms with Gasteiger partial charge in [0.2, 0.25) is 0 Å². The van der Waals surface area contributed by atoms with Crippen molar-refractivity contribution in [1.82, 2.24) is 20.4 Å². The molecule has 0 aromatic heterocycles. The van der Waals surface area contributed by atoms with Crippen LogP contribution in [0.2, 0.25) is 0 Å². The molecule has 2 heterocycles. The maximum atomic E-state index is 12.1. The third-order valence-corrected chi connectivity index (χ3v) is 4.20. The van der Waals surface area contributed by atoms with Gasteiger partial charge in [0.25, 0.3) is 0 Å². The zero-order valence-electron chi connectivity index (χ0n) is 10.5. The van der Waals surface area contributed by atoms with Gasteiger partial charge < -0.3 is 20.4 Å². The van der Waals surface area contributed by atoms with Crippen LogP contribution in [-0.2, 0) is 0 Å². The van der Waals surface area contributed by atoms with Gasteiger partial charge in [-0.3, -0.25) is 0 Å². The zero-order valence-corrected chi connectivity index (χ0v) is 10.5. The lowest BCUT2D eigenvalue weighted by molar-refractivity contribution is 0.128. The Kier molecular flexibility index (Phi) is 3.01. The Hall–Kier alpha value is -1.46. The molecule has 0 spiro atoms. The van der Waals surface area contributed by atoms with Gasteiger partial charge in [0.1, 0.15) is 0 Å². The molecule has 2 saturated heterocycles. The number of urea groups is 2.